The number of hydrogen-bond acceptors (Lipinski definition) is 7. The van der Waals surface area contributed by atoms with Gasteiger partial charge in [0.2, 0.25) is 3.79 Å². The molecule has 1 rings (SSSR count). The van der Waals surface area contributed by atoms with Gasteiger partial charge in [0.15, 0.2) is 14.6 Å². The quantitative estimate of drug-likeness (QED) is 0.359. The molecule has 1 amide bonds. The minimum atomic E-state index is -2.12. The number of rotatable bonds is 5. The lowest BCUT2D eigenvalue weighted by Crippen LogP contribution is -2.64. The lowest BCUT2D eigenvalue weighted by molar-refractivity contribution is -0.252. The minimum absolute atomic E-state index is 0.00376. The molecule has 0 saturated carbocycles. The lowest BCUT2D eigenvalue weighted by Gasteiger charge is -2.43. The fraction of sp³-hybridized carbons (Fsp3) is 0.933. The number of ether oxygens (including phenoxy) is 2. The van der Waals surface area contributed by atoms with Crippen molar-refractivity contribution in [3.05, 3.63) is 0 Å². The van der Waals surface area contributed by atoms with Gasteiger partial charge in [-0.1, -0.05) is 55.6 Å². The van der Waals surface area contributed by atoms with E-state index in [1.165, 1.54) is 0 Å². The Bertz CT molecular complexity index is 513. The van der Waals surface area contributed by atoms with E-state index >= 15 is 0 Å². The monoisotopic (exact) mass is 467 g/mol. The zero-order chi connectivity index (χ0) is 21.2. The predicted octanol–water partition coefficient (Wildman–Crippen LogP) is 1.91. The summed E-state index contributed by atoms with van der Waals surface area (Å²) in [4.78, 5) is 11.7. The number of carbonyl (C=O) groups excluding carboxylic acids is 1. The third-order valence-corrected chi connectivity index (χ3v) is 9.61. The number of nitrogens with one attached hydrogen (secondary N) is 1. The van der Waals surface area contributed by atoms with Crippen molar-refractivity contribution < 1.29 is 34.0 Å². The molecule has 0 radical (unpaired) electrons. The van der Waals surface area contributed by atoms with Crippen molar-refractivity contribution in [2.45, 2.75) is 73.3 Å². The lowest BCUT2D eigenvalue weighted by atomic mass is 9.97. The Hall–Kier alpha value is 0.157. The molecule has 1 aliphatic heterocycles. The molecule has 0 aromatic carbocycles. The largest absolute Gasteiger partial charge is 0.445 e. The second-order valence-electron chi connectivity index (χ2n) is 7.98. The molecule has 0 aromatic rings. The van der Waals surface area contributed by atoms with Gasteiger partial charge in [0.1, 0.15) is 31.0 Å². The predicted molar refractivity (Wildman–Crippen MR) is 105 cm³/mol. The highest BCUT2D eigenvalue weighted by Gasteiger charge is 2.46. The molecular weight excluding hydrogens is 441 g/mol. The van der Waals surface area contributed by atoms with Crippen LogP contribution in [0.1, 0.15) is 20.8 Å². The summed E-state index contributed by atoms with van der Waals surface area (Å²) in [6.07, 6.45) is -6.49. The van der Waals surface area contributed by atoms with Gasteiger partial charge in [0.25, 0.3) is 0 Å². The zero-order valence-corrected chi connectivity index (χ0v) is 19.2. The maximum absolute atomic E-state index is 11.7. The van der Waals surface area contributed by atoms with E-state index in [0.717, 1.165) is 0 Å². The first kappa shape index (κ1) is 25.2. The van der Waals surface area contributed by atoms with Gasteiger partial charge >= 0.3 is 6.09 Å². The molecule has 8 nitrogen and oxygen atoms in total. The molecule has 0 aliphatic carbocycles. The van der Waals surface area contributed by atoms with E-state index in [-0.39, 0.29) is 11.6 Å². The SMILES string of the molecule is CC(C)(C)[Si](C)(C)OCC1O[C@@H](O)C(NC(=O)OCC(Cl)(Cl)Cl)[C@@H](O)[C@H]1O. The van der Waals surface area contributed by atoms with E-state index in [4.69, 9.17) is 44.0 Å². The van der Waals surface area contributed by atoms with Crippen molar-refractivity contribution in [3.8, 4) is 0 Å². The number of alkyl halides is 3. The van der Waals surface area contributed by atoms with Crippen LogP contribution in [0, 0.1) is 0 Å². The van der Waals surface area contributed by atoms with Gasteiger partial charge < -0.3 is 34.5 Å². The Morgan fingerprint density at radius 2 is 1.70 bits per heavy atom. The fourth-order valence-electron chi connectivity index (χ4n) is 2.07. The first-order chi connectivity index (χ1) is 12.0. The minimum Gasteiger partial charge on any atom is -0.445 e. The fourth-order valence-corrected chi connectivity index (χ4v) is 3.25. The van der Waals surface area contributed by atoms with Crippen molar-refractivity contribution in [2.75, 3.05) is 13.2 Å². The Balaban J connectivity index is 2.65. The summed E-state index contributed by atoms with van der Waals surface area (Å²) < 4.78 is 14.2. The first-order valence-corrected chi connectivity index (χ1v) is 12.4. The maximum atomic E-state index is 11.7. The summed E-state index contributed by atoms with van der Waals surface area (Å²) in [6.45, 7) is 9.70. The van der Waals surface area contributed by atoms with Gasteiger partial charge in [0, 0.05) is 0 Å². The normalized spacial score (nSPS) is 30.1. The standard InChI is InChI=1S/C15H28Cl3NO7Si/c1-14(2,3)27(4,5)25-6-8-10(20)11(21)9(12(22)26-8)19-13(23)24-7-15(16,17)18/h8-12,20-22H,6-7H2,1-5H3,(H,19,23)/t8?,9?,10-,11+,12+/m0/s1. The second-order valence-corrected chi connectivity index (χ2v) is 15.3. The van der Waals surface area contributed by atoms with Gasteiger partial charge in [0.05, 0.1) is 6.61 Å². The Labute approximate surface area is 175 Å². The van der Waals surface area contributed by atoms with E-state index in [1.807, 2.05) is 13.1 Å². The second kappa shape index (κ2) is 9.31. The van der Waals surface area contributed by atoms with Crippen LogP contribution in [-0.4, -0.2) is 77.4 Å². The van der Waals surface area contributed by atoms with Gasteiger partial charge in [-0.2, -0.15) is 0 Å². The highest BCUT2D eigenvalue weighted by Crippen LogP contribution is 2.37. The van der Waals surface area contributed by atoms with Crippen LogP contribution in [-0.2, 0) is 13.9 Å². The molecule has 1 saturated heterocycles. The molecular formula is C15H28Cl3NO7Si. The van der Waals surface area contributed by atoms with Gasteiger partial charge in [-0.15, -0.1) is 0 Å². The summed E-state index contributed by atoms with van der Waals surface area (Å²) in [7, 11) is -2.12. The van der Waals surface area contributed by atoms with Crippen LogP contribution in [0.2, 0.25) is 18.1 Å². The van der Waals surface area contributed by atoms with E-state index in [2.05, 4.69) is 30.8 Å². The van der Waals surface area contributed by atoms with Crippen LogP contribution in [0.5, 0.6) is 0 Å². The highest BCUT2D eigenvalue weighted by molar-refractivity contribution is 6.74. The summed E-state index contributed by atoms with van der Waals surface area (Å²) >= 11 is 16.4. The van der Waals surface area contributed by atoms with E-state index in [1.54, 1.807) is 0 Å². The average molecular weight is 469 g/mol. The zero-order valence-electron chi connectivity index (χ0n) is 15.9. The van der Waals surface area contributed by atoms with E-state index in [9.17, 15) is 20.1 Å². The van der Waals surface area contributed by atoms with Crippen LogP contribution in [0.25, 0.3) is 0 Å². The molecule has 0 aromatic heterocycles. The van der Waals surface area contributed by atoms with Crippen molar-refractivity contribution >= 4 is 49.2 Å². The highest BCUT2D eigenvalue weighted by atomic mass is 35.6. The molecule has 160 valence electrons. The summed E-state index contributed by atoms with van der Waals surface area (Å²) in [5.41, 5.74) is 0. The summed E-state index contributed by atoms with van der Waals surface area (Å²) in [6, 6.07) is -1.33. The molecule has 5 atom stereocenters. The van der Waals surface area contributed by atoms with Crippen LogP contribution < -0.4 is 5.32 Å². The molecule has 1 fully saturated rings. The number of hydrogen-bond donors (Lipinski definition) is 4. The van der Waals surface area contributed by atoms with Crippen LogP contribution >= 0.6 is 34.8 Å². The smallest absolute Gasteiger partial charge is 0.407 e. The molecule has 12 heteroatoms. The van der Waals surface area contributed by atoms with Crippen molar-refractivity contribution in [1.82, 2.24) is 5.32 Å². The summed E-state index contributed by atoms with van der Waals surface area (Å²) in [5.74, 6) is 0. The molecule has 4 N–H and O–H groups in total. The third kappa shape index (κ3) is 7.49. The number of halogens is 3. The van der Waals surface area contributed by atoms with Gasteiger partial charge in [-0.3, -0.25) is 0 Å². The van der Waals surface area contributed by atoms with Crippen molar-refractivity contribution in [3.63, 3.8) is 0 Å². The number of amides is 1. The molecule has 27 heavy (non-hydrogen) atoms. The number of aliphatic hydroxyl groups excluding tert-OH is 3. The molecule has 1 aliphatic rings. The molecule has 0 bridgehead atoms. The third-order valence-electron chi connectivity index (χ3n) is 4.79. The maximum Gasteiger partial charge on any atom is 0.407 e. The topological polar surface area (TPSA) is 117 Å². The summed E-state index contributed by atoms with van der Waals surface area (Å²) in [5, 5.41) is 32.8. The van der Waals surface area contributed by atoms with Crippen LogP contribution in [0.3, 0.4) is 0 Å². The Morgan fingerprint density at radius 1 is 1.15 bits per heavy atom. The molecule has 2 unspecified atom stereocenters. The van der Waals surface area contributed by atoms with Crippen LogP contribution in [0.15, 0.2) is 0 Å². The Morgan fingerprint density at radius 3 is 2.19 bits per heavy atom. The average Bonchev–Trinajstić information content (AvgIpc) is 2.50. The van der Waals surface area contributed by atoms with Crippen LogP contribution in [0.4, 0.5) is 4.79 Å². The van der Waals surface area contributed by atoms with E-state index < -0.39 is 55.5 Å². The number of carbonyl (C=O) groups is 1. The van der Waals surface area contributed by atoms with Gasteiger partial charge in [-0.05, 0) is 18.1 Å². The number of aliphatic hydroxyl groups is 3. The molecule has 1 heterocycles. The van der Waals surface area contributed by atoms with Crippen molar-refractivity contribution in [1.29, 1.82) is 0 Å². The van der Waals surface area contributed by atoms with Crippen molar-refractivity contribution in [2.24, 2.45) is 0 Å². The molecule has 0 spiro atoms. The Kier molecular flexibility index (Phi) is 8.69. The first-order valence-electron chi connectivity index (χ1n) is 8.39. The number of alkyl carbamates (subject to hydrolysis) is 1. The van der Waals surface area contributed by atoms with Gasteiger partial charge in [-0.25, -0.2) is 4.79 Å². The van der Waals surface area contributed by atoms with E-state index in [0.29, 0.717) is 0 Å².